The van der Waals surface area contributed by atoms with Gasteiger partial charge in [-0.25, -0.2) is 0 Å². The van der Waals surface area contributed by atoms with Crippen LogP contribution in [0.3, 0.4) is 0 Å². The molecule has 0 saturated carbocycles. The highest BCUT2D eigenvalue weighted by Gasteiger charge is 2.13. The third-order valence-electron chi connectivity index (χ3n) is 2.92. The molecule has 0 fully saturated rings. The van der Waals surface area contributed by atoms with Gasteiger partial charge < -0.3 is 15.4 Å². The monoisotopic (exact) mass is 222 g/mol. The van der Waals surface area contributed by atoms with E-state index in [1.165, 1.54) is 11.1 Å². The Morgan fingerprint density at radius 3 is 2.50 bits per heavy atom. The number of likely N-dealkylation sites (N-methyl/N-ethyl adjacent to an activating group) is 1. The molecule has 0 radical (unpaired) electrons. The van der Waals surface area contributed by atoms with E-state index >= 15 is 0 Å². The molecule has 1 unspecified atom stereocenters. The molecule has 0 saturated heterocycles. The first-order chi connectivity index (χ1) is 7.63. The summed E-state index contributed by atoms with van der Waals surface area (Å²) in [4.78, 5) is 2.14. The molecule has 0 bridgehead atoms. The summed E-state index contributed by atoms with van der Waals surface area (Å²) in [5.41, 5.74) is 8.29. The van der Waals surface area contributed by atoms with Gasteiger partial charge in [-0.3, -0.25) is 0 Å². The van der Waals surface area contributed by atoms with Gasteiger partial charge in [0.05, 0.1) is 7.11 Å². The Morgan fingerprint density at radius 1 is 1.38 bits per heavy atom. The lowest BCUT2D eigenvalue weighted by Gasteiger charge is -2.24. The largest absolute Gasteiger partial charge is 0.496 e. The first-order valence-electron chi connectivity index (χ1n) is 5.67. The van der Waals surface area contributed by atoms with E-state index in [2.05, 4.69) is 24.0 Å². The third kappa shape index (κ3) is 2.74. The van der Waals surface area contributed by atoms with Crippen molar-refractivity contribution >= 4 is 0 Å². The number of aryl methyl sites for hydroxylation is 1. The van der Waals surface area contributed by atoms with Crippen molar-refractivity contribution in [1.29, 1.82) is 0 Å². The van der Waals surface area contributed by atoms with Crippen LogP contribution in [0.5, 0.6) is 5.75 Å². The average molecular weight is 222 g/mol. The summed E-state index contributed by atoms with van der Waals surface area (Å²) < 4.78 is 5.32. The molecule has 2 N–H and O–H groups in total. The van der Waals surface area contributed by atoms with Gasteiger partial charge in [-0.1, -0.05) is 19.1 Å². The van der Waals surface area contributed by atoms with E-state index in [0.717, 1.165) is 12.2 Å². The highest BCUT2D eigenvalue weighted by molar-refractivity contribution is 5.38. The number of nitrogens with zero attached hydrogens (tertiary/aromatic N) is 1. The maximum absolute atomic E-state index is 5.79. The molecular weight excluding hydrogens is 200 g/mol. The van der Waals surface area contributed by atoms with Crippen LogP contribution in [-0.2, 0) is 6.42 Å². The molecule has 0 spiro atoms. The zero-order valence-electron chi connectivity index (χ0n) is 10.7. The smallest absolute Gasteiger partial charge is 0.122 e. The van der Waals surface area contributed by atoms with Crippen LogP contribution in [-0.4, -0.2) is 32.6 Å². The van der Waals surface area contributed by atoms with E-state index < -0.39 is 0 Å². The Labute approximate surface area is 98.2 Å². The maximum Gasteiger partial charge on any atom is 0.122 e. The maximum atomic E-state index is 5.79. The Morgan fingerprint density at radius 2 is 2.06 bits per heavy atom. The highest BCUT2D eigenvalue weighted by atomic mass is 16.5. The van der Waals surface area contributed by atoms with Gasteiger partial charge in [-0.2, -0.15) is 0 Å². The number of ether oxygens (including phenoxy) is 1. The second kappa shape index (κ2) is 5.87. The number of hydrogen-bond acceptors (Lipinski definition) is 3. The fourth-order valence-electron chi connectivity index (χ4n) is 1.93. The van der Waals surface area contributed by atoms with E-state index in [0.29, 0.717) is 6.54 Å². The SMILES string of the molecule is CCc1cc(C(CN)N(C)C)ccc1OC. The van der Waals surface area contributed by atoms with Crippen LogP contribution < -0.4 is 10.5 Å². The van der Waals surface area contributed by atoms with Gasteiger partial charge in [0.1, 0.15) is 5.75 Å². The van der Waals surface area contributed by atoms with Crippen LogP contribution in [0, 0.1) is 0 Å². The fourth-order valence-corrected chi connectivity index (χ4v) is 1.93. The van der Waals surface area contributed by atoms with Crippen molar-refractivity contribution in [1.82, 2.24) is 4.90 Å². The Bertz CT molecular complexity index is 337. The molecule has 3 nitrogen and oxygen atoms in total. The summed E-state index contributed by atoms with van der Waals surface area (Å²) in [7, 11) is 5.81. The molecule has 1 aromatic rings. The van der Waals surface area contributed by atoms with Crippen LogP contribution in [0.1, 0.15) is 24.1 Å². The van der Waals surface area contributed by atoms with Crippen LogP contribution in [0.25, 0.3) is 0 Å². The van der Waals surface area contributed by atoms with Crippen molar-refractivity contribution < 1.29 is 4.74 Å². The van der Waals surface area contributed by atoms with Crippen molar-refractivity contribution in [2.24, 2.45) is 5.73 Å². The Balaban J connectivity index is 3.06. The van der Waals surface area contributed by atoms with Gasteiger partial charge in [-0.05, 0) is 37.7 Å². The van der Waals surface area contributed by atoms with Gasteiger partial charge in [0.15, 0.2) is 0 Å². The molecule has 0 aromatic heterocycles. The summed E-state index contributed by atoms with van der Waals surface area (Å²) in [6.07, 6.45) is 0.974. The van der Waals surface area contributed by atoms with E-state index in [1.54, 1.807) is 7.11 Å². The molecule has 90 valence electrons. The number of rotatable bonds is 5. The van der Waals surface area contributed by atoms with Gasteiger partial charge >= 0.3 is 0 Å². The molecule has 0 heterocycles. The number of nitrogens with two attached hydrogens (primary N) is 1. The molecule has 0 aliphatic carbocycles. The zero-order chi connectivity index (χ0) is 12.1. The molecule has 1 atom stereocenters. The van der Waals surface area contributed by atoms with E-state index in [9.17, 15) is 0 Å². The van der Waals surface area contributed by atoms with Gasteiger partial charge in [0, 0.05) is 12.6 Å². The lowest BCUT2D eigenvalue weighted by molar-refractivity contribution is 0.305. The lowest BCUT2D eigenvalue weighted by atomic mass is 10.0. The van der Waals surface area contributed by atoms with Gasteiger partial charge in [0.25, 0.3) is 0 Å². The number of methoxy groups -OCH3 is 1. The third-order valence-corrected chi connectivity index (χ3v) is 2.92. The Kier molecular flexibility index (Phi) is 4.77. The predicted octanol–water partition coefficient (Wildman–Crippen LogP) is 1.82. The molecular formula is C13H22N2O. The molecule has 0 aliphatic heterocycles. The van der Waals surface area contributed by atoms with Crippen molar-refractivity contribution in [2.75, 3.05) is 27.7 Å². The molecule has 0 aliphatic rings. The standard InChI is InChI=1S/C13H22N2O/c1-5-10-8-11(6-7-13(10)16-4)12(9-14)15(2)3/h6-8,12H,5,9,14H2,1-4H3. The van der Waals surface area contributed by atoms with Crippen LogP contribution >= 0.6 is 0 Å². The van der Waals surface area contributed by atoms with Crippen LogP contribution in [0.2, 0.25) is 0 Å². The second-order valence-electron chi connectivity index (χ2n) is 4.14. The summed E-state index contributed by atoms with van der Waals surface area (Å²) >= 11 is 0. The first-order valence-corrected chi connectivity index (χ1v) is 5.67. The van der Waals surface area contributed by atoms with E-state index in [1.807, 2.05) is 20.2 Å². The summed E-state index contributed by atoms with van der Waals surface area (Å²) in [5.74, 6) is 0.959. The van der Waals surface area contributed by atoms with E-state index in [4.69, 9.17) is 10.5 Å². The van der Waals surface area contributed by atoms with Crippen molar-refractivity contribution in [3.05, 3.63) is 29.3 Å². The summed E-state index contributed by atoms with van der Waals surface area (Å²) in [5, 5.41) is 0. The predicted molar refractivity (Wildman–Crippen MR) is 67.9 cm³/mol. The van der Waals surface area contributed by atoms with Crippen LogP contribution in [0.15, 0.2) is 18.2 Å². The minimum Gasteiger partial charge on any atom is -0.496 e. The number of benzene rings is 1. The van der Waals surface area contributed by atoms with E-state index in [-0.39, 0.29) is 6.04 Å². The average Bonchev–Trinajstić information content (AvgIpc) is 2.29. The van der Waals surface area contributed by atoms with Crippen molar-refractivity contribution in [2.45, 2.75) is 19.4 Å². The molecule has 1 aromatic carbocycles. The minimum absolute atomic E-state index is 0.274. The fraction of sp³-hybridized carbons (Fsp3) is 0.538. The van der Waals surface area contributed by atoms with Crippen LogP contribution in [0.4, 0.5) is 0 Å². The second-order valence-corrected chi connectivity index (χ2v) is 4.14. The topological polar surface area (TPSA) is 38.5 Å². The summed E-state index contributed by atoms with van der Waals surface area (Å²) in [6.45, 7) is 2.76. The quantitative estimate of drug-likeness (QED) is 0.826. The first kappa shape index (κ1) is 13.0. The highest BCUT2D eigenvalue weighted by Crippen LogP contribution is 2.25. The lowest BCUT2D eigenvalue weighted by Crippen LogP contribution is -2.27. The van der Waals surface area contributed by atoms with Crippen molar-refractivity contribution in [3.63, 3.8) is 0 Å². The minimum atomic E-state index is 0.274. The molecule has 16 heavy (non-hydrogen) atoms. The molecule has 0 amide bonds. The molecule has 1 rings (SSSR count). The van der Waals surface area contributed by atoms with Crippen molar-refractivity contribution in [3.8, 4) is 5.75 Å². The Hall–Kier alpha value is -1.06. The summed E-state index contributed by atoms with van der Waals surface area (Å²) in [6, 6.07) is 6.59. The van der Waals surface area contributed by atoms with Gasteiger partial charge in [0.2, 0.25) is 0 Å². The number of hydrogen-bond donors (Lipinski definition) is 1. The van der Waals surface area contributed by atoms with Gasteiger partial charge in [-0.15, -0.1) is 0 Å². The molecule has 3 heteroatoms. The zero-order valence-corrected chi connectivity index (χ0v) is 10.7. The normalized spacial score (nSPS) is 12.9.